The van der Waals surface area contributed by atoms with Crippen molar-refractivity contribution in [2.45, 2.75) is 30.8 Å². The average Bonchev–Trinajstić information content (AvgIpc) is 3.02. The molecule has 1 fully saturated rings. The smallest absolute Gasteiger partial charge is 0.327 e. The molecule has 1 aliphatic rings. The predicted molar refractivity (Wildman–Crippen MR) is 172 cm³/mol. The molecule has 0 amide bonds. The van der Waals surface area contributed by atoms with Crippen LogP contribution in [0.3, 0.4) is 0 Å². The molecule has 5 atom stereocenters. The highest BCUT2D eigenvalue weighted by Gasteiger charge is 2.67. The van der Waals surface area contributed by atoms with Crippen LogP contribution in [0.15, 0.2) is 97.1 Å². The van der Waals surface area contributed by atoms with Crippen LogP contribution in [0.4, 0.5) is 0 Å². The standard InChI is InChI=1S/C35H27Cl4NO4/c1-2-44-33(42)34(20-40)29(21-3-11-25(36)12-4-21)19-35(43,24-9-17-28(39)18-10-24)31(30(34)22-5-13-26(37)14-6-22)32(41)23-7-15-27(38)16-8-23/h3-18,29-31,43H,2,19H2,1H3/t29-,30+,31+,34+,35-/m0/s1. The van der Waals surface area contributed by atoms with Crippen molar-refractivity contribution in [1.29, 1.82) is 5.26 Å². The Morgan fingerprint density at radius 3 is 1.73 bits per heavy atom. The predicted octanol–water partition coefficient (Wildman–Crippen LogP) is 9.03. The fourth-order valence-corrected chi connectivity index (χ4v) is 6.97. The van der Waals surface area contributed by atoms with E-state index in [0.717, 1.165) is 0 Å². The van der Waals surface area contributed by atoms with Gasteiger partial charge in [0.15, 0.2) is 11.2 Å². The summed E-state index contributed by atoms with van der Waals surface area (Å²) < 4.78 is 5.62. The summed E-state index contributed by atoms with van der Waals surface area (Å²) in [6, 6.07) is 28.6. The maximum atomic E-state index is 14.8. The Labute approximate surface area is 275 Å². The van der Waals surface area contributed by atoms with Crippen molar-refractivity contribution in [2.75, 3.05) is 6.61 Å². The molecular formula is C35H27Cl4NO4. The minimum atomic E-state index is -1.96. The molecule has 5 rings (SSSR count). The highest BCUT2D eigenvalue weighted by Crippen LogP contribution is 2.64. The van der Waals surface area contributed by atoms with Gasteiger partial charge in [-0.3, -0.25) is 9.59 Å². The van der Waals surface area contributed by atoms with Crippen LogP contribution in [0.5, 0.6) is 0 Å². The summed E-state index contributed by atoms with van der Waals surface area (Å²) in [4.78, 5) is 29.0. The summed E-state index contributed by atoms with van der Waals surface area (Å²) in [6.07, 6.45) is -0.170. The Morgan fingerprint density at radius 1 is 0.795 bits per heavy atom. The molecule has 9 heteroatoms. The third kappa shape index (κ3) is 5.74. The van der Waals surface area contributed by atoms with Crippen LogP contribution in [0.25, 0.3) is 0 Å². The molecule has 0 radical (unpaired) electrons. The second-order valence-electron chi connectivity index (χ2n) is 10.8. The van der Waals surface area contributed by atoms with Gasteiger partial charge in [-0.15, -0.1) is 0 Å². The van der Waals surface area contributed by atoms with Gasteiger partial charge in [0.2, 0.25) is 0 Å². The number of halogens is 4. The molecular weight excluding hydrogens is 640 g/mol. The van der Waals surface area contributed by atoms with Gasteiger partial charge in [-0.2, -0.15) is 5.26 Å². The number of nitriles is 1. The van der Waals surface area contributed by atoms with Gasteiger partial charge in [-0.05, 0) is 90.7 Å². The molecule has 0 bridgehead atoms. The maximum Gasteiger partial charge on any atom is 0.327 e. The zero-order valence-electron chi connectivity index (χ0n) is 23.5. The van der Waals surface area contributed by atoms with Gasteiger partial charge < -0.3 is 9.84 Å². The molecule has 5 nitrogen and oxygen atoms in total. The summed E-state index contributed by atoms with van der Waals surface area (Å²) in [5, 5.41) is 25.9. The number of hydrogen-bond acceptors (Lipinski definition) is 5. The summed E-state index contributed by atoms with van der Waals surface area (Å²) in [5.74, 6) is -4.73. The van der Waals surface area contributed by atoms with Crippen molar-refractivity contribution >= 4 is 58.2 Å². The molecule has 0 aromatic heterocycles. The molecule has 1 N–H and O–H groups in total. The molecule has 44 heavy (non-hydrogen) atoms. The minimum absolute atomic E-state index is 0.000187. The van der Waals surface area contributed by atoms with E-state index in [9.17, 15) is 20.0 Å². The number of Topliss-reactive ketones (excluding diaryl/α,β-unsaturated/α-hetero) is 1. The van der Waals surface area contributed by atoms with E-state index in [2.05, 4.69) is 6.07 Å². The van der Waals surface area contributed by atoms with E-state index in [1.165, 1.54) is 0 Å². The van der Waals surface area contributed by atoms with E-state index in [4.69, 9.17) is 51.1 Å². The van der Waals surface area contributed by atoms with Gasteiger partial charge in [0.05, 0.1) is 18.6 Å². The van der Waals surface area contributed by atoms with E-state index in [0.29, 0.717) is 36.8 Å². The molecule has 0 unspecified atom stereocenters. The number of nitrogens with zero attached hydrogens (tertiary/aromatic N) is 1. The Morgan fingerprint density at radius 2 is 1.25 bits per heavy atom. The quantitative estimate of drug-likeness (QED) is 0.157. The van der Waals surface area contributed by atoms with Crippen LogP contribution < -0.4 is 0 Å². The summed E-state index contributed by atoms with van der Waals surface area (Å²) in [6.45, 7) is 1.65. The fraction of sp³-hybridized carbons (Fsp3) is 0.229. The van der Waals surface area contributed by atoms with Crippen LogP contribution in [0.1, 0.15) is 52.2 Å². The lowest BCUT2D eigenvalue weighted by molar-refractivity contribution is -0.164. The lowest BCUT2D eigenvalue weighted by Crippen LogP contribution is -2.59. The van der Waals surface area contributed by atoms with E-state index >= 15 is 0 Å². The molecule has 224 valence electrons. The first-order chi connectivity index (χ1) is 21.0. The highest BCUT2D eigenvalue weighted by molar-refractivity contribution is 6.31. The van der Waals surface area contributed by atoms with Gasteiger partial charge in [0.25, 0.3) is 0 Å². The first-order valence-corrected chi connectivity index (χ1v) is 15.4. The second-order valence-corrected chi connectivity index (χ2v) is 12.6. The van der Waals surface area contributed by atoms with Crippen molar-refractivity contribution in [1.82, 2.24) is 0 Å². The van der Waals surface area contributed by atoms with E-state index in [1.807, 2.05) is 0 Å². The zero-order valence-corrected chi connectivity index (χ0v) is 26.5. The number of hydrogen-bond donors (Lipinski definition) is 1. The van der Waals surface area contributed by atoms with Crippen molar-refractivity contribution in [3.63, 3.8) is 0 Å². The van der Waals surface area contributed by atoms with Gasteiger partial charge in [-0.1, -0.05) is 82.8 Å². The molecule has 4 aromatic rings. The maximum absolute atomic E-state index is 14.8. The van der Waals surface area contributed by atoms with Crippen molar-refractivity contribution < 1.29 is 19.4 Å². The Kier molecular flexibility index (Phi) is 9.41. The fourth-order valence-electron chi connectivity index (χ4n) is 6.47. The molecule has 1 aliphatic carbocycles. The molecule has 1 saturated carbocycles. The van der Waals surface area contributed by atoms with E-state index < -0.39 is 40.5 Å². The topological polar surface area (TPSA) is 87.4 Å². The Hall–Kier alpha value is -3.37. The number of carbonyl (C=O) groups excluding carboxylic acids is 2. The molecule has 0 heterocycles. The number of benzene rings is 4. The summed E-state index contributed by atoms with van der Waals surface area (Å²) in [7, 11) is 0. The van der Waals surface area contributed by atoms with Crippen LogP contribution in [-0.2, 0) is 15.1 Å². The normalized spacial score (nSPS) is 24.7. The Balaban J connectivity index is 1.89. The first-order valence-electron chi connectivity index (χ1n) is 13.9. The van der Waals surface area contributed by atoms with Crippen LogP contribution in [0, 0.1) is 22.7 Å². The number of ketones is 1. The number of ether oxygens (including phenoxy) is 1. The van der Waals surface area contributed by atoms with Crippen LogP contribution in [0.2, 0.25) is 20.1 Å². The average molecular weight is 667 g/mol. The van der Waals surface area contributed by atoms with E-state index in [-0.39, 0.29) is 18.6 Å². The number of carbonyl (C=O) groups is 2. The summed E-state index contributed by atoms with van der Waals surface area (Å²) >= 11 is 24.9. The molecule has 0 spiro atoms. The number of rotatable bonds is 7. The minimum Gasteiger partial charge on any atom is -0.465 e. The van der Waals surface area contributed by atoms with Crippen molar-refractivity contribution in [2.24, 2.45) is 11.3 Å². The van der Waals surface area contributed by atoms with Gasteiger partial charge in [0.1, 0.15) is 5.60 Å². The number of esters is 1. The summed E-state index contributed by atoms with van der Waals surface area (Å²) in [5.41, 5.74) is -2.14. The zero-order chi connectivity index (χ0) is 31.6. The van der Waals surface area contributed by atoms with Crippen molar-refractivity contribution in [3.8, 4) is 6.07 Å². The van der Waals surface area contributed by atoms with Gasteiger partial charge in [-0.25, -0.2) is 0 Å². The van der Waals surface area contributed by atoms with E-state index in [1.54, 1.807) is 104 Å². The van der Waals surface area contributed by atoms with Gasteiger partial charge in [0, 0.05) is 37.5 Å². The monoisotopic (exact) mass is 665 g/mol. The molecule has 0 aliphatic heterocycles. The van der Waals surface area contributed by atoms with Crippen LogP contribution >= 0.6 is 46.4 Å². The SMILES string of the molecule is CCOC(=O)[C@@]1(C#N)[C@H](c2ccc(Cl)cc2)[C@H](C(=O)c2ccc(Cl)cc2)[C@@](O)(c2ccc(Cl)cc2)C[C@H]1c1ccc(Cl)cc1. The first kappa shape index (κ1) is 32.0. The molecule has 0 saturated heterocycles. The van der Waals surface area contributed by atoms with Gasteiger partial charge >= 0.3 is 5.97 Å². The lowest BCUT2D eigenvalue weighted by Gasteiger charge is -2.54. The Bertz CT molecular complexity index is 1700. The lowest BCUT2D eigenvalue weighted by atomic mass is 9.47. The largest absolute Gasteiger partial charge is 0.465 e. The highest BCUT2D eigenvalue weighted by atomic mass is 35.5. The third-order valence-corrected chi connectivity index (χ3v) is 9.47. The number of aliphatic hydroxyl groups is 1. The van der Waals surface area contributed by atoms with Crippen molar-refractivity contribution in [3.05, 3.63) is 139 Å². The second kappa shape index (κ2) is 12.9. The third-order valence-electron chi connectivity index (χ3n) is 8.46. The van der Waals surface area contributed by atoms with Crippen LogP contribution in [-0.4, -0.2) is 23.5 Å². The molecule has 4 aromatic carbocycles.